The lowest BCUT2D eigenvalue weighted by Gasteiger charge is -2.17. The number of hydrogen-bond acceptors (Lipinski definition) is 5. The Balaban J connectivity index is 2.49. The molecule has 0 bridgehead atoms. The average Bonchev–Trinajstić information content (AvgIpc) is 2.06. The summed E-state index contributed by atoms with van der Waals surface area (Å²) in [6.45, 7) is 1.38. The van der Waals surface area contributed by atoms with Gasteiger partial charge in [0.05, 0.1) is 6.54 Å². The zero-order valence-electron chi connectivity index (χ0n) is 5.87. The summed E-state index contributed by atoms with van der Waals surface area (Å²) in [5.41, 5.74) is 5.53. The molecule has 1 aromatic heterocycles. The number of ether oxygens (including phenoxy) is 1. The summed E-state index contributed by atoms with van der Waals surface area (Å²) in [5, 5.41) is 3.05. The Morgan fingerprint density at radius 1 is 1.55 bits per heavy atom. The summed E-state index contributed by atoms with van der Waals surface area (Å²) in [5.74, 6) is 1.64. The molecule has 1 aromatic rings. The van der Waals surface area contributed by atoms with Crippen LogP contribution >= 0.6 is 0 Å². The Kier molecular flexibility index (Phi) is 1.28. The normalized spacial score (nSPS) is 14.5. The molecule has 0 atom stereocenters. The van der Waals surface area contributed by atoms with Crippen molar-refractivity contribution in [1.29, 1.82) is 0 Å². The molecule has 0 saturated carbocycles. The maximum absolute atomic E-state index is 5.53. The lowest BCUT2D eigenvalue weighted by molar-refractivity contribution is 0.322. The van der Waals surface area contributed by atoms with Crippen molar-refractivity contribution >= 4 is 11.6 Å². The first-order valence-corrected chi connectivity index (χ1v) is 3.35. The largest absolute Gasteiger partial charge is 0.485 e. The molecule has 2 heterocycles. The van der Waals surface area contributed by atoms with Crippen molar-refractivity contribution < 1.29 is 4.74 Å². The molecule has 0 amide bonds. The molecule has 5 nitrogen and oxygen atoms in total. The highest BCUT2D eigenvalue weighted by atomic mass is 16.5. The van der Waals surface area contributed by atoms with Gasteiger partial charge in [-0.3, -0.25) is 0 Å². The van der Waals surface area contributed by atoms with E-state index in [1.165, 1.54) is 6.33 Å². The summed E-state index contributed by atoms with van der Waals surface area (Å²) in [6.07, 6.45) is 1.41. The predicted octanol–water partition coefficient (Wildman–Crippen LogP) is -0.137. The molecule has 1 aliphatic rings. The minimum atomic E-state index is 0.391. The zero-order chi connectivity index (χ0) is 7.68. The smallest absolute Gasteiger partial charge is 0.204 e. The van der Waals surface area contributed by atoms with Crippen LogP contribution < -0.4 is 15.8 Å². The SMILES string of the molecule is Nc1ncnc2c1OCCN2. The quantitative estimate of drug-likeness (QED) is 0.541. The molecule has 0 radical (unpaired) electrons. The fourth-order valence-corrected chi connectivity index (χ4v) is 0.978. The minimum absolute atomic E-state index is 0.391. The zero-order valence-corrected chi connectivity index (χ0v) is 5.87. The molecular weight excluding hydrogens is 144 g/mol. The van der Waals surface area contributed by atoms with Crippen LogP contribution in [-0.4, -0.2) is 23.1 Å². The van der Waals surface area contributed by atoms with Crippen LogP contribution in [0, 0.1) is 0 Å². The number of fused-ring (bicyclic) bond motifs is 1. The lowest BCUT2D eigenvalue weighted by Crippen LogP contribution is -2.20. The fraction of sp³-hybridized carbons (Fsp3) is 0.333. The maximum atomic E-state index is 5.53. The van der Waals surface area contributed by atoms with Gasteiger partial charge in [-0.15, -0.1) is 0 Å². The average molecular weight is 152 g/mol. The van der Waals surface area contributed by atoms with Crippen molar-refractivity contribution in [1.82, 2.24) is 9.97 Å². The minimum Gasteiger partial charge on any atom is -0.485 e. The highest BCUT2D eigenvalue weighted by Crippen LogP contribution is 2.28. The van der Waals surface area contributed by atoms with Gasteiger partial charge in [0.15, 0.2) is 11.6 Å². The lowest BCUT2D eigenvalue weighted by atomic mass is 10.4. The summed E-state index contributed by atoms with van der Waals surface area (Å²) in [7, 11) is 0. The van der Waals surface area contributed by atoms with Crippen LogP contribution in [0.2, 0.25) is 0 Å². The van der Waals surface area contributed by atoms with Gasteiger partial charge in [-0.05, 0) is 0 Å². The first-order valence-electron chi connectivity index (χ1n) is 3.35. The molecule has 0 aromatic carbocycles. The van der Waals surface area contributed by atoms with Gasteiger partial charge in [0.1, 0.15) is 12.9 Å². The summed E-state index contributed by atoms with van der Waals surface area (Å²) in [4.78, 5) is 7.75. The van der Waals surface area contributed by atoms with Crippen LogP contribution in [0.25, 0.3) is 0 Å². The first kappa shape index (κ1) is 6.21. The second kappa shape index (κ2) is 2.26. The third-order valence-electron chi connectivity index (χ3n) is 1.47. The Morgan fingerprint density at radius 3 is 3.27 bits per heavy atom. The van der Waals surface area contributed by atoms with Crippen LogP contribution in [-0.2, 0) is 0 Å². The Hall–Kier alpha value is -1.52. The van der Waals surface area contributed by atoms with E-state index >= 15 is 0 Å². The molecule has 2 rings (SSSR count). The molecule has 11 heavy (non-hydrogen) atoms. The highest BCUT2D eigenvalue weighted by Gasteiger charge is 2.13. The number of anilines is 2. The summed E-state index contributed by atoms with van der Waals surface area (Å²) in [6, 6.07) is 0. The maximum Gasteiger partial charge on any atom is 0.204 e. The van der Waals surface area contributed by atoms with Gasteiger partial charge >= 0.3 is 0 Å². The third-order valence-corrected chi connectivity index (χ3v) is 1.47. The molecule has 0 spiro atoms. The van der Waals surface area contributed by atoms with Crippen LogP contribution in [0.5, 0.6) is 5.75 Å². The summed E-state index contributed by atoms with van der Waals surface area (Å²) < 4.78 is 5.24. The number of nitrogens with one attached hydrogen (secondary N) is 1. The number of nitrogens with zero attached hydrogens (tertiary/aromatic N) is 2. The standard InChI is InChI=1S/C6H8N4O/c7-5-4-6(10-3-9-5)8-1-2-11-4/h3H,1-2H2,(H3,7,8,9,10). The monoisotopic (exact) mass is 152 g/mol. The van der Waals surface area contributed by atoms with Crippen LogP contribution in [0.3, 0.4) is 0 Å². The molecule has 3 N–H and O–H groups in total. The molecule has 58 valence electrons. The van der Waals surface area contributed by atoms with Gasteiger partial charge in [0.25, 0.3) is 0 Å². The molecule has 0 unspecified atom stereocenters. The number of nitrogen functional groups attached to an aromatic ring is 1. The molecule has 0 aliphatic carbocycles. The van der Waals surface area contributed by atoms with E-state index < -0.39 is 0 Å². The van der Waals surface area contributed by atoms with Gasteiger partial charge in [-0.25, -0.2) is 9.97 Å². The van der Waals surface area contributed by atoms with Crippen molar-refractivity contribution in [2.45, 2.75) is 0 Å². The predicted molar refractivity (Wildman–Crippen MR) is 40.4 cm³/mol. The van der Waals surface area contributed by atoms with E-state index in [0.29, 0.717) is 24.0 Å². The Bertz CT molecular complexity index is 275. The second-order valence-electron chi connectivity index (χ2n) is 2.21. The first-order chi connectivity index (χ1) is 5.38. The van der Waals surface area contributed by atoms with Crippen molar-refractivity contribution in [3.05, 3.63) is 6.33 Å². The van der Waals surface area contributed by atoms with Crippen molar-refractivity contribution in [3.8, 4) is 5.75 Å². The van der Waals surface area contributed by atoms with E-state index in [1.807, 2.05) is 0 Å². The van der Waals surface area contributed by atoms with Gasteiger partial charge in [-0.2, -0.15) is 0 Å². The van der Waals surface area contributed by atoms with E-state index in [9.17, 15) is 0 Å². The van der Waals surface area contributed by atoms with Crippen molar-refractivity contribution in [3.63, 3.8) is 0 Å². The van der Waals surface area contributed by atoms with E-state index in [4.69, 9.17) is 10.5 Å². The van der Waals surface area contributed by atoms with Crippen LogP contribution in [0.1, 0.15) is 0 Å². The third kappa shape index (κ3) is 0.938. The van der Waals surface area contributed by atoms with E-state index in [-0.39, 0.29) is 0 Å². The van der Waals surface area contributed by atoms with Crippen molar-refractivity contribution in [2.24, 2.45) is 0 Å². The van der Waals surface area contributed by atoms with Crippen LogP contribution in [0.4, 0.5) is 11.6 Å². The number of hydrogen-bond donors (Lipinski definition) is 2. The summed E-state index contributed by atoms with van der Waals surface area (Å²) >= 11 is 0. The molecule has 0 fully saturated rings. The molecule has 1 aliphatic heterocycles. The number of nitrogens with two attached hydrogens (primary N) is 1. The highest BCUT2D eigenvalue weighted by molar-refractivity contribution is 5.62. The molecule has 5 heteroatoms. The van der Waals surface area contributed by atoms with Crippen LogP contribution in [0.15, 0.2) is 6.33 Å². The van der Waals surface area contributed by atoms with E-state index in [1.54, 1.807) is 0 Å². The second-order valence-corrected chi connectivity index (χ2v) is 2.21. The molecular formula is C6H8N4O. The number of rotatable bonds is 0. The molecule has 0 saturated heterocycles. The van der Waals surface area contributed by atoms with E-state index in [2.05, 4.69) is 15.3 Å². The topological polar surface area (TPSA) is 73.1 Å². The van der Waals surface area contributed by atoms with Gasteiger partial charge in [-0.1, -0.05) is 0 Å². The number of aromatic nitrogens is 2. The fourth-order valence-electron chi connectivity index (χ4n) is 0.978. The van der Waals surface area contributed by atoms with Gasteiger partial charge in [0, 0.05) is 0 Å². The van der Waals surface area contributed by atoms with Gasteiger partial charge in [0.2, 0.25) is 5.75 Å². The van der Waals surface area contributed by atoms with E-state index in [0.717, 1.165) is 6.54 Å². The Morgan fingerprint density at radius 2 is 2.45 bits per heavy atom. The van der Waals surface area contributed by atoms with Crippen molar-refractivity contribution in [2.75, 3.05) is 24.2 Å². The Labute approximate surface area is 63.6 Å². The van der Waals surface area contributed by atoms with Gasteiger partial charge < -0.3 is 15.8 Å².